The van der Waals surface area contributed by atoms with E-state index in [2.05, 4.69) is 55.6 Å². The van der Waals surface area contributed by atoms with Gasteiger partial charge < -0.3 is 14.4 Å². The van der Waals surface area contributed by atoms with Crippen LogP contribution < -0.4 is 9.46 Å². The number of nitrogens with one attached hydrogen (secondary N) is 1. The Bertz CT molecular complexity index is 2110. The van der Waals surface area contributed by atoms with E-state index in [1.807, 2.05) is 13.1 Å². The molecule has 1 atom stereocenters. The highest BCUT2D eigenvalue weighted by atomic mass is 32.2. The van der Waals surface area contributed by atoms with Gasteiger partial charge in [-0.25, -0.2) is 18.1 Å². The normalized spacial score (nSPS) is 19.8. The Labute approximate surface area is 325 Å². The van der Waals surface area contributed by atoms with Crippen molar-refractivity contribution >= 4 is 21.9 Å². The van der Waals surface area contributed by atoms with Gasteiger partial charge in [0.2, 0.25) is 11.8 Å². The minimum atomic E-state index is -4.20. The lowest BCUT2D eigenvalue weighted by Gasteiger charge is -2.35. The van der Waals surface area contributed by atoms with E-state index in [1.54, 1.807) is 23.2 Å². The topological polar surface area (TPSA) is 136 Å². The molecule has 11 nitrogen and oxygen atoms in total. The molecule has 2 aromatic heterocycles. The molecule has 7 rings (SSSR count). The highest BCUT2D eigenvalue weighted by molar-refractivity contribution is 7.92. The number of hydrogen-bond acceptors (Lipinski definition) is 9. The first-order valence-electron chi connectivity index (χ1n) is 19.8. The summed E-state index contributed by atoms with van der Waals surface area (Å²) in [5, 5.41) is 0. The monoisotopic (exact) mass is 766 g/mol. The molecule has 0 radical (unpaired) electrons. The molecule has 2 aliphatic heterocycles. The summed E-state index contributed by atoms with van der Waals surface area (Å²) < 4.78 is 42.9. The molecule has 0 spiro atoms. The van der Waals surface area contributed by atoms with Gasteiger partial charge in [-0.05, 0) is 80.2 Å². The first-order chi connectivity index (χ1) is 26.3. The van der Waals surface area contributed by atoms with Gasteiger partial charge in [-0.1, -0.05) is 77.1 Å². The number of sulfonamides is 1. The standard InChI is InChI=1S/C43H54N6O5S/c1-28-11-9-14-32(21-30-12-7-6-8-13-30)38(28)39-29(2)40-47-42(46-39)48-55(51,52)36-16-10-15-33(22-36)41(50)49(35(27-54-40)23-43(3,4)5)26-34-24-45-37(25-44-34)31-17-19-53-20-18-31/h9-11,14-16,22,24-25,30-31,35H,6-8,12-13,17-21,23,26-27H2,1-5H3,(H,46,47,48)/t35-/m1/s1. The first kappa shape index (κ1) is 38.8. The Hall–Kier alpha value is -4.42. The maximum Gasteiger partial charge on any atom is 0.264 e. The second-order valence-corrected chi connectivity index (χ2v) is 18.4. The van der Waals surface area contributed by atoms with E-state index in [0.29, 0.717) is 42.5 Å². The molecule has 4 aromatic rings. The number of anilines is 1. The third-order valence-corrected chi connectivity index (χ3v) is 12.5. The van der Waals surface area contributed by atoms with E-state index in [0.717, 1.165) is 36.1 Å². The lowest BCUT2D eigenvalue weighted by Crippen LogP contribution is -2.45. The molecule has 1 aliphatic carbocycles. The molecule has 12 heteroatoms. The van der Waals surface area contributed by atoms with Crippen molar-refractivity contribution in [3.05, 3.63) is 88.5 Å². The van der Waals surface area contributed by atoms with Crippen molar-refractivity contribution in [2.75, 3.05) is 24.5 Å². The molecule has 292 valence electrons. The number of amides is 1. The lowest BCUT2D eigenvalue weighted by atomic mass is 9.82. The fourth-order valence-electron chi connectivity index (χ4n) is 8.34. The molecular formula is C43H54N6O5S. The third-order valence-electron chi connectivity index (χ3n) is 11.2. The average molecular weight is 767 g/mol. The van der Waals surface area contributed by atoms with Crippen molar-refractivity contribution in [1.29, 1.82) is 0 Å². The number of aromatic nitrogens is 4. The molecule has 1 N–H and O–H groups in total. The number of carbonyl (C=O) groups excluding carboxylic acids is 1. The number of fused-ring (bicyclic) bond motifs is 4. The molecule has 4 bridgehead atoms. The Balaban J connectivity index is 1.31. The summed E-state index contributed by atoms with van der Waals surface area (Å²) in [6.45, 7) is 12.1. The van der Waals surface area contributed by atoms with Crippen LogP contribution in [0.2, 0.25) is 0 Å². The molecule has 2 fully saturated rings. The summed E-state index contributed by atoms with van der Waals surface area (Å²) in [6.07, 6.45) is 13.0. The SMILES string of the molecule is Cc1cccc(CC2CCCCC2)c1-c1nc2nc(c1C)OC[C@@H](CC(C)(C)C)N(Cc1cnc(C3CCOCC3)cn1)C(=O)c1cccc(c1)S(=O)(=O)N2. The van der Waals surface area contributed by atoms with Crippen LogP contribution in [0.15, 0.2) is 59.8 Å². The molecular weight excluding hydrogens is 713 g/mol. The van der Waals surface area contributed by atoms with Crippen molar-refractivity contribution in [3.8, 4) is 17.1 Å². The van der Waals surface area contributed by atoms with Gasteiger partial charge in [0, 0.05) is 42.0 Å². The molecule has 4 heterocycles. The Morgan fingerprint density at radius 3 is 2.42 bits per heavy atom. The zero-order valence-electron chi connectivity index (χ0n) is 32.8. The predicted molar refractivity (Wildman–Crippen MR) is 213 cm³/mol. The second kappa shape index (κ2) is 16.4. The van der Waals surface area contributed by atoms with Crippen molar-refractivity contribution < 1.29 is 22.7 Å². The Morgan fingerprint density at radius 1 is 0.927 bits per heavy atom. The van der Waals surface area contributed by atoms with Crippen LogP contribution in [-0.2, 0) is 27.7 Å². The molecule has 1 saturated heterocycles. The first-order valence-corrected chi connectivity index (χ1v) is 21.3. The van der Waals surface area contributed by atoms with Crippen LogP contribution in [0.1, 0.15) is 116 Å². The minimum absolute atomic E-state index is 0.0624. The van der Waals surface area contributed by atoms with E-state index in [4.69, 9.17) is 24.4 Å². The highest BCUT2D eigenvalue weighted by Gasteiger charge is 2.33. The molecule has 55 heavy (non-hydrogen) atoms. The quantitative estimate of drug-likeness (QED) is 0.197. The second-order valence-electron chi connectivity index (χ2n) is 16.8. The summed E-state index contributed by atoms with van der Waals surface area (Å²) in [6, 6.07) is 12.0. The van der Waals surface area contributed by atoms with E-state index >= 15 is 0 Å². The summed E-state index contributed by atoms with van der Waals surface area (Å²) in [4.78, 5) is 35.5. The van der Waals surface area contributed by atoms with Gasteiger partial charge >= 0.3 is 0 Å². The van der Waals surface area contributed by atoms with Gasteiger partial charge in [0.1, 0.15) is 6.61 Å². The van der Waals surface area contributed by atoms with Crippen LogP contribution in [0, 0.1) is 25.2 Å². The van der Waals surface area contributed by atoms with Crippen LogP contribution >= 0.6 is 0 Å². The van der Waals surface area contributed by atoms with Gasteiger partial charge in [-0.2, -0.15) is 4.98 Å². The largest absolute Gasteiger partial charge is 0.475 e. The lowest BCUT2D eigenvalue weighted by molar-refractivity contribution is 0.0508. The van der Waals surface area contributed by atoms with Crippen molar-refractivity contribution in [3.63, 3.8) is 0 Å². The number of benzene rings is 2. The summed E-state index contributed by atoms with van der Waals surface area (Å²) in [7, 11) is -4.20. The zero-order valence-corrected chi connectivity index (χ0v) is 33.6. The molecule has 1 saturated carbocycles. The van der Waals surface area contributed by atoms with Gasteiger partial charge in [-0.3, -0.25) is 14.8 Å². The van der Waals surface area contributed by atoms with Crippen LogP contribution in [-0.4, -0.2) is 65.0 Å². The van der Waals surface area contributed by atoms with E-state index < -0.39 is 16.1 Å². The average Bonchev–Trinajstić information content (AvgIpc) is 3.17. The van der Waals surface area contributed by atoms with Crippen LogP contribution in [0.25, 0.3) is 11.3 Å². The van der Waals surface area contributed by atoms with Crippen LogP contribution in [0.3, 0.4) is 0 Å². The third kappa shape index (κ3) is 9.18. The van der Waals surface area contributed by atoms with Gasteiger partial charge in [0.25, 0.3) is 15.9 Å². The number of carbonyl (C=O) groups is 1. The predicted octanol–water partition coefficient (Wildman–Crippen LogP) is 8.21. The summed E-state index contributed by atoms with van der Waals surface area (Å²) in [5.74, 6) is 0.738. The maximum absolute atomic E-state index is 14.6. The number of aryl methyl sites for hydroxylation is 1. The molecule has 3 aliphatic rings. The van der Waals surface area contributed by atoms with Crippen molar-refractivity contribution in [2.45, 2.75) is 116 Å². The zero-order chi connectivity index (χ0) is 38.7. The van der Waals surface area contributed by atoms with E-state index in [1.165, 1.54) is 49.8 Å². The van der Waals surface area contributed by atoms with Crippen molar-refractivity contribution in [2.24, 2.45) is 11.3 Å². The number of hydrogen-bond donors (Lipinski definition) is 1. The summed E-state index contributed by atoms with van der Waals surface area (Å²) in [5.41, 5.74) is 6.15. The smallest absolute Gasteiger partial charge is 0.264 e. The van der Waals surface area contributed by atoms with E-state index in [-0.39, 0.29) is 52.7 Å². The minimum Gasteiger partial charge on any atom is -0.475 e. The molecule has 1 amide bonds. The number of rotatable bonds is 7. The Kier molecular flexibility index (Phi) is 11.6. The van der Waals surface area contributed by atoms with Crippen LogP contribution in [0.5, 0.6) is 5.88 Å². The van der Waals surface area contributed by atoms with Gasteiger partial charge in [0.15, 0.2) is 0 Å². The fraction of sp³-hybridized carbons (Fsp3) is 0.512. The van der Waals surface area contributed by atoms with Crippen LogP contribution in [0.4, 0.5) is 5.95 Å². The Morgan fingerprint density at radius 2 is 1.69 bits per heavy atom. The molecule has 0 unspecified atom stereocenters. The number of nitrogens with zero attached hydrogens (tertiary/aromatic N) is 5. The number of ether oxygens (including phenoxy) is 2. The van der Waals surface area contributed by atoms with E-state index in [9.17, 15) is 13.2 Å². The van der Waals surface area contributed by atoms with Crippen molar-refractivity contribution in [1.82, 2.24) is 24.8 Å². The van der Waals surface area contributed by atoms with Gasteiger partial charge in [-0.15, -0.1) is 0 Å². The molecule has 2 aromatic carbocycles. The summed E-state index contributed by atoms with van der Waals surface area (Å²) >= 11 is 0. The van der Waals surface area contributed by atoms with Gasteiger partial charge in [0.05, 0.1) is 40.8 Å². The fourth-order valence-corrected chi connectivity index (χ4v) is 9.33. The highest BCUT2D eigenvalue weighted by Crippen LogP contribution is 2.37. The maximum atomic E-state index is 14.6.